The molecule has 1 aliphatic rings. The lowest BCUT2D eigenvalue weighted by molar-refractivity contribution is 0.564. The Kier molecular flexibility index (Phi) is 5.15. The summed E-state index contributed by atoms with van der Waals surface area (Å²) < 4.78 is 12.6. The van der Waals surface area contributed by atoms with Crippen LogP contribution in [0.25, 0.3) is 0 Å². The van der Waals surface area contributed by atoms with Gasteiger partial charge < -0.3 is 0 Å². The molecule has 2 nitrogen and oxygen atoms in total. The first-order valence-electron chi connectivity index (χ1n) is 7.03. The molecule has 3 atom stereocenters. The lowest BCUT2D eigenvalue weighted by Crippen LogP contribution is -2.24. The number of hydrogen-bond acceptors (Lipinski definition) is 2. The van der Waals surface area contributed by atoms with Crippen LogP contribution in [-0.2, 0) is 16.6 Å². The quantitative estimate of drug-likeness (QED) is 0.789. The van der Waals surface area contributed by atoms with Gasteiger partial charge in [-0.2, -0.15) is 5.26 Å². The van der Waals surface area contributed by atoms with Crippen molar-refractivity contribution in [3.05, 3.63) is 35.4 Å². The average molecular weight is 275 g/mol. The van der Waals surface area contributed by atoms with E-state index in [1.807, 2.05) is 12.1 Å². The van der Waals surface area contributed by atoms with Gasteiger partial charge in [0, 0.05) is 16.6 Å². The monoisotopic (exact) mass is 275 g/mol. The number of aryl methyl sites for hydroxylation is 1. The highest BCUT2D eigenvalue weighted by atomic mass is 32.2. The highest BCUT2D eigenvalue weighted by Gasteiger charge is 2.28. The van der Waals surface area contributed by atoms with Crippen LogP contribution < -0.4 is 0 Å². The molecule has 0 saturated heterocycles. The molecule has 1 aromatic rings. The molecule has 1 saturated carbocycles. The Hall–Kier alpha value is -1.14. The third-order valence-electron chi connectivity index (χ3n) is 3.85. The van der Waals surface area contributed by atoms with Crippen molar-refractivity contribution >= 4 is 10.8 Å². The summed E-state index contributed by atoms with van der Waals surface area (Å²) >= 11 is 0. The minimum absolute atomic E-state index is 0.0202. The van der Waals surface area contributed by atoms with Crippen LogP contribution in [-0.4, -0.2) is 9.46 Å². The van der Waals surface area contributed by atoms with Crippen LogP contribution in [0.3, 0.4) is 0 Å². The summed E-state index contributed by atoms with van der Waals surface area (Å²) in [4.78, 5) is 0. The molecule has 1 aliphatic carbocycles. The summed E-state index contributed by atoms with van der Waals surface area (Å²) in [6, 6.07) is 10.6. The van der Waals surface area contributed by atoms with Crippen molar-refractivity contribution in [2.45, 2.75) is 50.0 Å². The van der Waals surface area contributed by atoms with Crippen LogP contribution in [0, 0.1) is 24.2 Å². The minimum Gasteiger partial charge on any atom is -0.259 e. The van der Waals surface area contributed by atoms with Crippen LogP contribution in [0.2, 0.25) is 0 Å². The zero-order chi connectivity index (χ0) is 13.7. The van der Waals surface area contributed by atoms with Crippen molar-refractivity contribution in [2.24, 2.45) is 5.92 Å². The van der Waals surface area contributed by atoms with Gasteiger partial charge in [-0.25, -0.2) is 0 Å². The zero-order valence-electron chi connectivity index (χ0n) is 11.5. The average Bonchev–Trinajstić information content (AvgIpc) is 2.63. The fraction of sp³-hybridized carbons (Fsp3) is 0.562. The van der Waals surface area contributed by atoms with Crippen LogP contribution >= 0.6 is 0 Å². The van der Waals surface area contributed by atoms with Crippen molar-refractivity contribution in [1.29, 1.82) is 5.26 Å². The van der Waals surface area contributed by atoms with Crippen LogP contribution in [0.4, 0.5) is 0 Å². The second-order valence-corrected chi connectivity index (χ2v) is 7.08. The van der Waals surface area contributed by atoms with E-state index in [0.717, 1.165) is 31.2 Å². The third kappa shape index (κ3) is 3.91. The Labute approximate surface area is 118 Å². The maximum atomic E-state index is 12.6. The van der Waals surface area contributed by atoms with Crippen LogP contribution in [0.15, 0.2) is 24.3 Å². The molecule has 0 spiro atoms. The van der Waals surface area contributed by atoms with E-state index < -0.39 is 10.8 Å². The highest BCUT2D eigenvalue weighted by molar-refractivity contribution is 7.84. The second-order valence-electron chi connectivity index (χ2n) is 5.43. The van der Waals surface area contributed by atoms with Gasteiger partial charge in [0.1, 0.15) is 0 Å². The third-order valence-corrected chi connectivity index (χ3v) is 5.70. The molecular formula is C16H21NOS. The molecule has 0 aromatic heterocycles. The molecule has 19 heavy (non-hydrogen) atoms. The number of rotatable bonds is 3. The second kappa shape index (κ2) is 6.86. The van der Waals surface area contributed by atoms with Crippen molar-refractivity contribution in [2.75, 3.05) is 0 Å². The Bertz CT molecular complexity index is 492. The first-order chi connectivity index (χ1) is 9.20. The van der Waals surface area contributed by atoms with Gasteiger partial charge in [-0.3, -0.25) is 4.21 Å². The Morgan fingerprint density at radius 1 is 1.32 bits per heavy atom. The van der Waals surface area contributed by atoms with E-state index in [0.29, 0.717) is 5.75 Å². The smallest absolute Gasteiger partial charge is 0.0668 e. The van der Waals surface area contributed by atoms with Gasteiger partial charge in [0.15, 0.2) is 0 Å². The van der Waals surface area contributed by atoms with E-state index in [9.17, 15) is 9.47 Å². The van der Waals surface area contributed by atoms with E-state index in [1.165, 1.54) is 12.0 Å². The number of benzene rings is 1. The SMILES string of the molecule is Cc1cccc(CS(=O)C2CCCCCC2C#N)c1. The Morgan fingerprint density at radius 2 is 2.11 bits per heavy atom. The lowest BCUT2D eigenvalue weighted by atomic mass is 10.0. The Morgan fingerprint density at radius 3 is 2.84 bits per heavy atom. The molecule has 0 aliphatic heterocycles. The van der Waals surface area contributed by atoms with E-state index in [-0.39, 0.29) is 11.2 Å². The summed E-state index contributed by atoms with van der Waals surface area (Å²) in [6.45, 7) is 2.05. The summed E-state index contributed by atoms with van der Waals surface area (Å²) in [5.74, 6) is 0.568. The molecule has 1 aromatic carbocycles. The minimum atomic E-state index is -0.929. The van der Waals surface area contributed by atoms with Crippen molar-refractivity contribution < 1.29 is 4.21 Å². The summed E-state index contributed by atoms with van der Waals surface area (Å²) in [7, 11) is -0.929. The molecule has 1 fully saturated rings. The van der Waals surface area contributed by atoms with Gasteiger partial charge in [0.2, 0.25) is 0 Å². The predicted molar refractivity (Wildman–Crippen MR) is 79.0 cm³/mol. The topological polar surface area (TPSA) is 40.9 Å². The van der Waals surface area contributed by atoms with E-state index >= 15 is 0 Å². The highest BCUT2D eigenvalue weighted by Crippen LogP contribution is 2.28. The maximum absolute atomic E-state index is 12.6. The van der Waals surface area contributed by atoms with Crippen molar-refractivity contribution in [3.63, 3.8) is 0 Å². The van der Waals surface area contributed by atoms with Gasteiger partial charge >= 0.3 is 0 Å². The Balaban J connectivity index is 2.07. The van der Waals surface area contributed by atoms with Gasteiger partial charge in [-0.15, -0.1) is 0 Å². The molecule has 0 amide bonds. The normalized spacial score (nSPS) is 25.3. The number of hydrogen-bond donors (Lipinski definition) is 0. The molecule has 2 rings (SSSR count). The van der Waals surface area contributed by atoms with Gasteiger partial charge in [-0.1, -0.05) is 49.1 Å². The van der Waals surface area contributed by atoms with Crippen LogP contribution in [0.1, 0.15) is 43.2 Å². The summed E-state index contributed by atoms with van der Waals surface area (Å²) in [5, 5.41) is 9.32. The van der Waals surface area contributed by atoms with Crippen molar-refractivity contribution in [3.8, 4) is 6.07 Å². The van der Waals surface area contributed by atoms with Crippen LogP contribution in [0.5, 0.6) is 0 Å². The molecule has 0 bridgehead atoms. The molecule has 3 heteroatoms. The molecular weight excluding hydrogens is 254 g/mol. The largest absolute Gasteiger partial charge is 0.259 e. The zero-order valence-corrected chi connectivity index (χ0v) is 12.3. The molecule has 0 heterocycles. The summed E-state index contributed by atoms with van der Waals surface area (Å²) in [5.41, 5.74) is 2.33. The maximum Gasteiger partial charge on any atom is 0.0668 e. The van der Waals surface area contributed by atoms with E-state index in [1.54, 1.807) is 0 Å². The standard InChI is InChI=1S/C16H21NOS/c1-13-6-5-7-14(10-13)12-19(18)16-9-4-2-3-8-15(16)11-17/h5-7,10,15-16H,2-4,8-9,12H2,1H3. The number of nitriles is 1. The van der Waals surface area contributed by atoms with Gasteiger partial charge in [0.05, 0.1) is 17.2 Å². The fourth-order valence-electron chi connectivity index (χ4n) is 2.81. The number of nitrogens with zero attached hydrogens (tertiary/aromatic N) is 1. The van der Waals surface area contributed by atoms with Crippen molar-refractivity contribution in [1.82, 2.24) is 0 Å². The molecule has 3 unspecified atom stereocenters. The molecule has 0 radical (unpaired) electrons. The summed E-state index contributed by atoms with van der Waals surface area (Å²) in [6.07, 6.45) is 5.26. The van der Waals surface area contributed by atoms with E-state index in [4.69, 9.17) is 0 Å². The lowest BCUT2D eigenvalue weighted by Gasteiger charge is -2.18. The predicted octanol–water partition coefficient (Wildman–Crippen LogP) is 3.72. The first-order valence-corrected chi connectivity index (χ1v) is 8.41. The molecule has 102 valence electrons. The van der Waals surface area contributed by atoms with Gasteiger partial charge in [0.25, 0.3) is 0 Å². The first kappa shape index (κ1) is 14.3. The van der Waals surface area contributed by atoms with Gasteiger partial charge in [-0.05, 0) is 25.3 Å². The fourth-order valence-corrected chi connectivity index (χ4v) is 4.52. The van der Waals surface area contributed by atoms with E-state index in [2.05, 4.69) is 25.1 Å². The molecule has 0 N–H and O–H groups in total.